The van der Waals surface area contributed by atoms with Gasteiger partial charge in [0.05, 0.1) is 10.6 Å². The van der Waals surface area contributed by atoms with Crippen LogP contribution < -0.4 is 11.1 Å². The average Bonchev–Trinajstić information content (AvgIpc) is 3.02. The van der Waals surface area contributed by atoms with Crippen LogP contribution in [0, 0.1) is 17.0 Å². The number of carboxylic acids is 1. The predicted octanol–water partition coefficient (Wildman–Crippen LogP) is 5.85. The van der Waals surface area contributed by atoms with E-state index in [9.17, 15) is 9.90 Å². The van der Waals surface area contributed by atoms with E-state index in [4.69, 9.17) is 28.9 Å². The molecule has 0 unspecified atom stereocenters. The van der Waals surface area contributed by atoms with Crippen LogP contribution in [0.3, 0.4) is 0 Å². The molecule has 0 bridgehead atoms. The second-order valence-corrected chi connectivity index (χ2v) is 9.78. The van der Waals surface area contributed by atoms with E-state index in [0.717, 1.165) is 18.9 Å². The molecule has 32 heavy (non-hydrogen) atoms. The first-order valence-corrected chi connectivity index (χ1v) is 11.4. The molecule has 1 saturated heterocycles. The van der Waals surface area contributed by atoms with Gasteiger partial charge < -0.3 is 10.8 Å². The lowest BCUT2D eigenvalue weighted by atomic mass is 9.67. The van der Waals surface area contributed by atoms with Crippen molar-refractivity contribution in [2.75, 3.05) is 0 Å². The molecule has 0 saturated carbocycles. The first-order valence-electron chi connectivity index (χ1n) is 10.7. The summed E-state index contributed by atoms with van der Waals surface area (Å²) in [5, 5.41) is 13.2. The summed E-state index contributed by atoms with van der Waals surface area (Å²) in [5.74, 6) is -3.74. The normalized spacial score (nSPS) is 25.8. The Bertz CT molecular complexity index is 1020. The summed E-state index contributed by atoms with van der Waals surface area (Å²) in [6.45, 7) is 6.17. The number of carboxylic acid groups (broad SMARTS) is 1. The number of hydrogen-bond acceptors (Lipinski definition) is 3. The molecule has 0 aliphatic carbocycles. The Hall–Kier alpha value is -1.73. The molecule has 0 spiro atoms. The minimum absolute atomic E-state index is 0.0338. The maximum absolute atomic E-state index is 15.3. The molecule has 3 rings (SSSR count). The van der Waals surface area contributed by atoms with Crippen molar-refractivity contribution in [3.8, 4) is 0 Å². The number of aliphatic carboxylic acids is 1. The number of carbonyl (C=O) groups is 1. The quantitative estimate of drug-likeness (QED) is 0.460. The monoisotopic (exact) mass is 484 g/mol. The van der Waals surface area contributed by atoms with Crippen molar-refractivity contribution in [1.29, 1.82) is 0 Å². The smallest absolute Gasteiger partial charge is 0.321 e. The molecular formula is C24H28Cl2F2N2O2. The van der Waals surface area contributed by atoms with Gasteiger partial charge in [0.15, 0.2) is 0 Å². The van der Waals surface area contributed by atoms with Crippen molar-refractivity contribution in [3.63, 3.8) is 0 Å². The van der Waals surface area contributed by atoms with E-state index >= 15 is 8.78 Å². The number of rotatable bonds is 7. The minimum atomic E-state index is -1.57. The van der Waals surface area contributed by atoms with Crippen LogP contribution in [0.1, 0.15) is 57.1 Å². The van der Waals surface area contributed by atoms with Gasteiger partial charge in [0.25, 0.3) is 0 Å². The van der Waals surface area contributed by atoms with Crippen LogP contribution in [0.15, 0.2) is 36.4 Å². The maximum atomic E-state index is 15.3. The Morgan fingerprint density at radius 1 is 1.22 bits per heavy atom. The van der Waals surface area contributed by atoms with Gasteiger partial charge in [-0.1, -0.05) is 75.0 Å². The summed E-state index contributed by atoms with van der Waals surface area (Å²) in [5.41, 5.74) is 5.36. The Morgan fingerprint density at radius 3 is 2.44 bits per heavy atom. The molecule has 0 amide bonds. The Balaban J connectivity index is 2.29. The predicted molar refractivity (Wildman–Crippen MR) is 123 cm³/mol. The van der Waals surface area contributed by atoms with Crippen molar-refractivity contribution < 1.29 is 18.7 Å². The van der Waals surface area contributed by atoms with E-state index in [1.54, 1.807) is 0 Å². The minimum Gasteiger partial charge on any atom is -0.480 e. The fraction of sp³-hybridized carbons (Fsp3) is 0.458. The molecule has 2 aromatic carbocycles. The van der Waals surface area contributed by atoms with Crippen LogP contribution in [-0.2, 0) is 10.3 Å². The van der Waals surface area contributed by atoms with Gasteiger partial charge >= 0.3 is 5.97 Å². The van der Waals surface area contributed by atoms with Crippen LogP contribution in [-0.4, -0.2) is 23.2 Å². The summed E-state index contributed by atoms with van der Waals surface area (Å²) in [7, 11) is 0. The number of nitrogens with one attached hydrogen (secondary N) is 1. The second kappa shape index (κ2) is 9.26. The van der Waals surface area contributed by atoms with Gasteiger partial charge in [0.2, 0.25) is 0 Å². The van der Waals surface area contributed by atoms with Crippen LogP contribution in [0.2, 0.25) is 10.0 Å². The van der Waals surface area contributed by atoms with Gasteiger partial charge in [-0.15, -0.1) is 0 Å². The summed E-state index contributed by atoms with van der Waals surface area (Å²) < 4.78 is 30.4. The van der Waals surface area contributed by atoms with Crippen molar-refractivity contribution in [1.82, 2.24) is 5.32 Å². The lowest BCUT2D eigenvalue weighted by Crippen LogP contribution is -2.52. The van der Waals surface area contributed by atoms with E-state index < -0.39 is 41.1 Å². The van der Waals surface area contributed by atoms with Crippen LogP contribution >= 0.6 is 23.2 Å². The summed E-state index contributed by atoms with van der Waals surface area (Å²) in [4.78, 5) is 12.3. The highest BCUT2D eigenvalue weighted by Gasteiger charge is 2.58. The van der Waals surface area contributed by atoms with Gasteiger partial charge in [-0.3, -0.25) is 10.1 Å². The molecule has 0 aromatic heterocycles. The lowest BCUT2D eigenvalue weighted by molar-refractivity contribution is -0.139. The van der Waals surface area contributed by atoms with E-state index in [1.165, 1.54) is 30.3 Å². The molecule has 4 N–H and O–H groups in total. The zero-order chi connectivity index (χ0) is 23.8. The van der Waals surface area contributed by atoms with Gasteiger partial charge in [-0.25, -0.2) is 8.78 Å². The summed E-state index contributed by atoms with van der Waals surface area (Å²) in [6.07, 6.45) is 2.10. The van der Waals surface area contributed by atoms with Crippen molar-refractivity contribution in [2.45, 2.75) is 63.6 Å². The van der Waals surface area contributed by atoms with Crippen molar-refractivity contribution in [3.05, 3.63) is 69.2 Å². The number of nitrogens with two attached hydrogens (primary N) is 1. The molecule has 1 aliphatic heterocycles. The summed E-state index contributed by atoms with van der Waals surface area (Å²) in [6, 6.07) is 6.58. The molecule has 0 radical (unpaired) electrons. The maximum Gasteiger partial charge on any atom is 0.321 e. The molecule has 1 aliphatic rings. The zero-order valence-corrected chi connectivity index (χ0v) is 19.8. The molecule has 2 aromatic rings. The Kier molecular flexibility index (Phi) is 7.20. The van der Waals surface area contributed by atoms with Gasteiger partial charge in [0, 0.05) is 22.5 Å². The second-order valence-electron chi connectivity index (χ2n) is 8.93. The van der Waals surface area contributed by atoms with E-state index in [-0.39, 0.29) is 26.6 Å². The third-order valence-electron chi connectivity index (χ3n) is 7.19. The Morgan fingerprint density at radius 2 is 1.88 bits per heavy atom. The third-order valence-corrected chi connectivity index (χ3v) is 7.72. The van der Waals surface area contributed by atoms with Crippen LogP contribution in [0.4, 0.5) is 8.78 Å². The molecule has 4 atom stereocenters. The first kappa shape index (κ1) is 24.9. The van der Waals surface area contributed by atoms with E-state index in [2.05, 4.69) is 12.2 Å². The first-order chi connectivity index (χ1) is 15.0. The van der Waals surface area contributed by atoms with E-state index in [0.29, 0.717) is 6.42 Å². The van der Waals surface area contributed by atoms with Gasteiger partial charge in [-0.2, -0.15) is 0 Å². The standard InChI is InChI=1S/C24H28Cl2F2N2O2/c1-4-23(3,5-2)12-18-24(29,15-10-9-13(25)11-17(15)27)19(21(30-18)22(31)32)14-7-6-8-16(26)20(14)28/h6-11,18-19,21,30H,4-5,12,29H2,1-3H3,(H,31,32)/t18-,19-,21+,24+/m0/s1. The van der Waals surface area contributed by atoms with Crippen molar-refractivity contribution >= 4 is 29.2 Å². The van der Waals surface area contributed by atoms with E-state index in [1.807, 2.05) is 13.8 Å². The average molecular weight is 485 g/mol. The summed E-state index contributed by atoms with van der Waals surface area (Å²) >= 11 is 12.0. The fourth-order valence-electron chi connectivity index (χ4n) is 4.81. The van der Waals surface area contributed by atoms with Gasteiger partial charge in [-0.05, 0) is 35.6 Å². The topological polar surface area (TPSA) is 75.3 Å². The largest absolute Gasteiger partial charge is 0.480 e. The highest BCUT2D eigenvalue weighted by atomic mass is 35.5. The molecule has 174 valence electrons. The molecule has 1 heterocycles. The highest BCUT2D eigenvalue weighted by molar-refractivity contribution is 6.31. The molecule has 4 nitrogen and oxygen atoms in total. The molecule has 1 fully saturated rings. The number of halogens is 4. The highest BCUT2D eigenvalue weighted by Crippen LogP contribution is 2.50. The number of hydrogen-bond donors (Lipinski definition) is 3. The van der Waals surface area contributed by atoms with Crippen molar-refractivity contribution in [2.24, 2.45) is 11.1 Å². The van der Waals surface area contributed by atoms with Crippen LogP contribution in [0.25, 0.3) is 0 Å². The van der Waals surface area contributed by atoms with Crippen LogP contribution in [0.5, 0.6) is 0 Å². The molecular weight excluding hydrogens is 457 g/mol. The fourth-order valence-corrected chi connectivity index (χ4v) is 5.15. The Labute approximate surface area is 197 Å². The number of benzene rings is 2. The lowest BCUT2D eigenvalue weighted by Gasteiger charge is -2.41. The SMILES string of the molecule is CCC(C)(CC)C[C@@H]1N[C@@H](C(=O)O)[C@H](c2cccc(Cl)c2F)[C@@]1(N)c1ccc(Cl)cc1F. The third kappa shape index (κ3) is 4.26. The molecule has 8 heteroatoms. The van der Waals surface area contributed by atoms with Gasteiger partial charge in [0.1, 0.15) is 17.7 Å². The zero-order valence-electron chi connectivity index (χ0n) is 18.3.